The number of benzene rings is 1. The van der Waals surface area contributed by atoms with Gasteiger partial charge in [-0.1, -0.05) is 29.8 Å². The lowest BCUT2D eigenvalue weighted by atomic mass is 10.1. The minimum Gasteiger partial charge on any atom is -0.351 e. The molecular weight excluding hydrogens is 254 g/mol. The molecule has 0 aliphatic carbocycles. The largest absolute Gasteiger partial charge is 0.351 e. The Labute approximate surface area is 111 Å². The fourth-order valence-electron chi connectivity index (χ4n) is 1.60. The summed E-state index contributed by atoms with van der Waals surface area (Å²) in [6.45, 7) is 3.53. The van der Waals surface area contributed by atoms with E-state index < -0.39 is 18.0 Å². The van der Waals surface area contributed by atoms with Crippen LogP contribution in [-0.4, -0.2) is 18.0 Å². The van der Waals surface area contributed by atoms with Crippen molar-refractivity contribution >= 4 is 23.5 Å². The molecule has 5 nitrogen and oxygen atoms in total. The van der Waals surface area contributed by atoms with Crippen LogP contribution in [0.3, 0.4) is 0 Å². The number of nitrogens with one attached hydrogen (secondary N) is 2. The normalized spacial score (nSPS) is 13.7. The first-order valence-electron chi connectivity index (χ1n) is 5.52. The van der Waals surface area contributed by atoms with E-state index >= 15 is 0 Å². The highest BCUT2D eigenvalue weighted by atomic mass is 35.5. The number of carbonyl (C=O) groups excluding carboxylic acids is 2. The highest BCUT2D eigenvalue weighted by molar-refractivity contribution is 6.31. The molecule has 1 rings (SSSR count). The number of halogens is 1. The molecule has 0 bridgehead atoms. The maximum atomic E-state index is 11.5. The zero-order valence-corrected chi connectivity index (χ0v) is 11.0. The summed E-state index contributed by atoms with van der Waals surface area (Å²) in [4.78, 5) is 22.1. The average Bonchev–Trinajstić information content (AvgIpc) is 2.28. The molecule has 1 aromatic rings. The van der Waals surface area contributed by atoms with Crippen molar-refractivity contribution in [3.8, 4) is 0 Å². The zero-order chi connectivity index (χ0) is 13.7. The summed E-state index contributed by atoms with van der Waals surface area (Å²) in [5, 5.41) is 5.68. The average molecular weight is 270 g/mol. The third kappa shape index (κ3) is 4.01. The molecule has 0 aliphatic heterocycles. The fraction of sp³-hybridized carbons (Fsp3) is 0.333. The molecule has 18 heavy (non-hydrogen) atoms. The first-order chi connectivity index (χ1) is 8.41. The molecule has 0 radical (unpaired) electrons. The molecule has 1 aromatic carbocycles. The lowest BCUT2D eigenvalue weighted by Gasteiger charge is -2.20. The van der Waals surface area contributed by atoms with Crippen LogP contribution < -0.4 is 16.4 Å². The number of hydrogen-bond donors (Lipinski definition) is 3. The summed E-state index contributed by atoms with van der Waals surface area (Å²) in [5.74, 6) is -0.471. The van der Waals surface area contributed by atoms with Gasteiger partial charge >= 0.3 is 6.03 Å². The van der Waals surface area contributed by atoms with Crippen LogP contribution in [0.25, 0.3) is 0 Å². The predicted molar refractivity (Wildman–Crippen MR) is 70.2 cm³/mol. The van der Waals surface area contributed by atoms with Gasteiger partial charge in [0.25, 0.3) is 0 Å². The number of nitrogens with two attached hydrogens (primary N) is 1. The molecular formula is C12H16ClN3O2. The summed E-state index contributed by atoms with van der Waals surface area (Å²) in [5.41, 5.74) is 5.76. The molecule has 0 heterocycles. The second-order valence-corrected chi connectivity index (χ2v) is 4.39. The van der Waals surface area contributed by atoms with E-state index in [9.17, 15) is 9.59 Å². The number of hydrogen-bond acceptors (Lipinski definition) is 3. The minimum atomic E-state index is -0.862. The molecule has 98 valence electrons. The highest BCUT2D eigenvalue weighted by Crippen LogP contribution is 2.22. The number of rotatable bonds is 4. The van der Waals surface area contributed by atoms with E-state index in [0.717, 1.165) is 5.56 Å². The molecule has 0 saturated carbocycles. The molecule has 0 aromatic heterocycles. The minimum absolute atomic E-state index is 0.118. The molecule has 0 spiro atoms. The molecule has 0 unspecified atom stereocenters. The molecule has 0 saturated heterocycles. The Bertz CT molecular complexity index is 451. The van der Waals surface area contributed by atoms with E-state index in [1.807, 2.05) is 30.4 Å². The SMILES string of the molecule is C[C@H](N[C@H](C)C(=O)NC(N)=O)c1ccccc1Cl. The smallest absolute Gasteiger partial charge is 0.318 e. The zero-order valence-electron chi connectivity index (χ0n) is 10.2. The van der Waals surface area contributed by atoms with Crippen LogP contribution in [0.1, 0.15) is 25.5 Å². The van der Waals surface area contributed by atoms with Crippen LogP contribution >= 0.6 is 11.6 Å². The van der Waals surface area contributed by atoms with Crippen molar-refractivity contribution in [2.24, 2.45) is 5.73 Å². The van der Waals surface area contributed by atoms with Crippen molar-refractivity contribution in [2.45, 2.75) is 25.9 Å². The van der Waals surface area contributed by atoms with E-state index in [1.165, 1.54) is 0 Å². The predicted octanol–water partition coefficient (Wildman–Crippen LogP) is 1.57. The van der Waals surface area contributed by atoms with Gasteiger partial charge in [0.05, 0.1) is 6.04 Å². The van der Waals surface area contributed by atoms with Crippen molar-refractivity contribution in [3.05, 3.63) is 34.9 Å². The van der Waals surface area contributed by atoms with Crippen molar-refractivity contribution < 1.29 is 9.59 Å². The first-order valence-corrected chi connectivity index (χ1v) is 5.90. The standard InChI is InChI=1S/C12H16ClN3O2/c1-7(9-5-3-4-6-10(9)13)15-8(2)11(17)16-12(14)18/h3-8,15H,1-2H3,(H3,14,16,17,18)/t7-,8+/m0/s1. The summed E-state index contributed by atoms with van der Waals surface area (Å²) in [7, 11) is 0. The van der Waals surface area contributed by atoms with Gasteiger partial charge in [0.2, 0.25) is 5.91 Å². The van der Waals surface area contributed by atoms with Gasteiger partial charge in [0, 0.05) is 11.1 Å². The van der Waals surface area contributed by atoms with E-state index in [0.29, 0.717) is 5.02 Å². The summed E-state index contributed by atoms with van der Waals surface area (Å²) in [6.07, 6.45) is 0. The van der Waals surface area contributed by atoms with E-state index in [4.69, 9.17) is 17.3 Å². The Balaban J connectivity index is 2.65. The van der Waals surface area contributed by atoms with Gasteiger partial charge in [-0.2, -0.15) is 0 Å². The number of primary amides is 1. The van der Waals surface area contributed by atoms with Crippen LogP contribution in [0.5, 0.6) is 0 Å². The lowest BCUT2D eigenvalue weighted by molar-refractivity contribution is -0.121. The topological polar surface area (TPSA) is 84.2 Å². The van der Waals surface area contributed by atoms with E-state index in [1.54, 1.807) is 13.0 Å². The van der Waals surface area contributed by atoms with Crippen molar-refractivity contribution in [3.63, 3.8) is 0 Å². The van der Waals surface area contributed by atoms with Gasteiger partial charge < -0.3 is 5.73 Å². The van der Waals surface area contributed by atoms with Crippen LogP contribution in [0, 0.1) is 0 Å². The fourth-order valence-corrected chi connectivity index (χ4v) is 1.90. The van der Waals surface area contributed by atoms with E-state index in [2.05, 4.69) is 5.32 Å². The monoisotopic (exact) mass is 269 g/mol. The molecule has 0 aliphatic rings. The summed E-state index contributed by atoms with van der Waals surface area (Å²) >= 11 is 6.05. The molecule has 2 atom stereocenters. The van der Waals surface area contributed by atoms with Gasteiger partial charge in [-0.05, 0) is 25.5 Å². The maximum Gasteiger partial charge on any atom is 0.318 e. The highest BCUT2D eigenvalue weighted by Gasteiger charge is 2.18. The Morgan fingerprint density at radius 3 is 2.44 bits per heavy atom. The quantitative estimate of drug-likeness (QED) is 0.776. The van der Waals surface area contributed by atoms with Crippen molar-refractivity contribution in [2.75, 3.05) is 0 Å². The number of carbonyl (C=O) groups is 2. The molecule has 0 fully saturated rings. The maximum absolute atomic E-state index is 11.5. The van der Waals surface area contributed by atoms with Gasteiger partial charge in [0.1, 0.15) is 0 Å². The Kier molecular flexibility index (Phi) is 5.12. The van der Waals surface area contributed by atoms with Gasteiger partial charge in [-0.15, -0.1) is 0 Å². The molecule has 6 heteroatoms. The lowest BCUT2D eigenvalue weighted by Crippen LogP contribution is -2.47. The third-order valence-corrected chi connectivity index (χ3v) is 2.86. The van der Waals surface area contributed by atoms with Crippen molar-refractivity contribution in [1.82, 2.24) is 10.6 Å². The van der Waals surface area contributed by atoms with Gasteiger partial charge in [-0.3, -0.25) is 15.4 Å². The Hall–Kier alpha value is -1.59. The number of urea groups is 1. The Morgan fingerprint density at radius 1 is 1.28 bits per heavy atom. The third-order valence-electron chi connectivity index (χ3n) is 2.51. The summed E-state index contributed by atoms with van der Waals surface area (Å²) in [6, 6.07) is 5.83. The molecule has 4 N–H and O–H groups in total. The van der Waals surface area contributed by atoms with E-state index in [-0.39, 0.29) is 6.04 Å². The van der Waals surface area contributed by atoms with Gasteiger partial charge in [0.15, 0.2) is 0 Å². The second-order valence-electron chi connectivity index (χ2n) is 3.99. The van der Waals surface area contributed by atoms with Crippen LogP contribution in [0.4, 0.5) is 4.79 Å². The van der Waals surface area contributed by atoms with Crippen LogP contribution in [0.2, 0.25) is 5.02 Å². The Morgan fingerprint density at radius 2 is 1.89 bits per heavy atom. The van der Waals surface area contributed by atoms with Crippen molar-refractivity contribution in [1.29, 1.82) is 0 Å². The first kappa shape index (κ1) is 14.5. The van der Waals surface area contributed by atoms with Crippen LogP contribution in [0.15, 0.2) is 24.3 Å². The number of amides is 3. The molecule has 3 amide bonds. The second kappa shape index (κ2) is 6.37. The van der Waals surface area contributed by atoms with Gasteiger partial charge in [-0.25, -0.2) is 4.79 Å². The number of imide groups is 1. The summed E-state index contributed by atoms with van der Waals surface area (Å²) < 4.78 is 0. The van der Waals surface area contributed by atoms with Crippen LogP contribution in [-0.2, 0) is 4.79 Å².